The molecule has 0 aliphatic carbocycles. The molecule has 2 heterocycles. The topological polar surface area (TPSA) is 59.1 Å². The molecule has 1 unspecified atom stereocenters. The van der Waals surface area contributed by atoms with Crippen LogP contribution < -0.4 is 9.64 Å². The second-order valence-electron chi connectivity index (χ2n) is 6.64. The van der Waals surface area contributed by atoms with Crippen LogP contribution in [0, 0.1) is 0 Å². The van der Waals surface area contributed by atoms with E-state index < -0.39 is 4.87 Å². The quantitative estimate of drug-likeness (QED) is 0.775. The van der Waals surface area contributed by atoms with Crippen LogP contribution in [0.25, 0.3) is 0 Å². The van der Waals surface area contributed by atoms with E-state index in [1.807, 2.05) is 24.3 Å². The van der Waals surface area contributed by atoms with E-state index in [2.05, 4.69) is 0 Å². The van der Waals surface area contributed by atoms with Crippen molar-refractivity contribution in [3.05, 3.63) is 59.7 Å². The van der Waals surface area contributed by atoms with Crippen LogP contribution in [0.2, 0.25) is 0 Å². The maximum Gasteiger partial charge on any atom is 0.268 e. The lowest BCUT2D eigenvalue weighted by Crippen LogP contribution is -2.50. The first-order valence-electron chi connectivity index (χ1n) is 9.14. The van der Waals surface area contributed by atoms with Crippen molar-refractivity contribution >= 4 is 29.3 Å². The standard InChI is InChI=1S/C21H22N2O4S/c1-26-13-11-22-18-6-4-3-5-17(18)21(20(22)25)23(12-14-28-21)19(24)15-7-9-16(27-2)10-8-15/h3-10H,11-14H2,1-2H3. The van der Waals surface area contributed by atoms with Crippen molar-refractivity contribution in [1.82, 2.24) is 4.90 Å². The normalized spacial score (nSPS) is 20.7. The largest absolute Gasteiger partial charge is 0.497 e. The van der Waals surface area contributed by atoms with Gasteiger partial charge in [-0.3, -0.25) is 9.59 Å². The van der Waals surface area contributed by atoms with Gasteiger partial charge in [0.15, 0.2) is 4.87 Å². The molecule has 0 N–H and O–H groups in total. The second-order valence-corrected chi connectivity index (χ2v) is 7.93. The molecule has 1 atom stereocenters. The summed E-state index contributed by atoms with van der Waals surface area (Å²) in [4.78, 5) is 29.4. The summed E-state index contributed by atoms with van der Waals surface area (Å²) in [6, 6.07) is 14.7. The summed E-state index contributed by atoms with van der Waals surface area (Å²) in [6.07, 6.45) is 0. The van der Waals surface area contributed by atoms with Gasteiger partial charge in [-0.1, -0.05) is 18.2 Å². The number of ether oxygens (including phenoxy) is 2. The van der Waals surface area contributed by atoms with Gasteiger partial charge in [0.2, 0.25) is 0 Å². The highest BCUT2D eigenvalue weighted by atomic mass is 32.2. The SMILES string of the molecule is COCCN1C(=O)C2(SCCN2C(=O)c2ccc(OC)cc2)c2ccccc21. The van der Waals surface area contributed by atoms with Crippen molar-refractivity contribution in [3.63, 3.8) is 0 Å². The van der Waals surface area contributed by atoms with Gasteiger partial charge in [0.25, 0.3) is 11.8 Å². The van der Waals surface area contributed by atoms with E-state index in [0.717, 1.165) is 11.3 Å². The Morgan fingerprint density at radius 3 is 2.61 bits per heavy atom. The van der Waals surface area contributed by atoms with Crippen LogP contribution in [0.4, 0.5) is 5.69 Å². The Kier molecular flexibility index (Phi) is 5.03. The minimum atomic E-state index is -1.01. The summed E-state index contributed by atoms with van der Waals surface area (Å²) < 4.78 is 10.4. The van der Waals surface area contributed by atoms with E-state index in [1.54, 1.807) is 48.3 Å². The Hall–Kier alpha value is -2.51. The van der Waals surface area contributed by atoms with Gasteiger partial charge >= 0.3 is 0 Å². The van der Waals surface area contributed by atoms with Crippen LogP contribution >= 0.6 is 11.8 Å². The molecule has 6 nitrogen and oxygen atoms in total. The number of nitrogens with zero attached hydrogens (tertiary/aromatic N) is 2. The van der Waals surface area contributed by atoms with Crippen LogP contribution in [0.15, 0.2) is 48.5 Å². The van der Waals surface area contributed by atoms with Gasteiger partial charge in [0.05, 0.1) is 19.4 Å². The molecule has 2 aromatic carbocycles. The van der Waals surface area contributed by atoms with E-state index in [0.29, 0.717) is 36.8 Å². The Balaban J connectivity index is 1.74. The number of anilines is 1. The number of benzene rings is 2. The molecule has 0 bridgehead atoms. The highest BCUT2D eigenvalue weighted by Gasteiger charge is 2.59. The third-order valence-electron chi connectivity index (χ3n) is 5.20. The number of thioether (sulfide) groups is 1. The third kappa shape index (κ3) is 2.77. The number of amides is 2. The molecule has 0 radical (unpaired) electrons. The van der Waals surface area contributed by atoms with Gasteiger partial charge in [-0.2, -0.15) is 0 Å². The minimum Gasteiger partial charge on any atom is -0.497 e. The lowest BCUT2D eigenvalue weighted by molar-refractivity contribution is -0.123. The van der Waals surface area contributed by atoms with E-state index >= 15 is 0 Å². The van der Waals surface area contributed by atoms with Gasteiger partial charge in [0.1, 0.15) is 5.75 Å². The fourth-order valence-electron chi connectivity index (χ4n) is 3.86. The predicted molar refractivity (Wildman–Crippen MR) is 109 cm³/mol. The van der Waals surface area contributed by atoms with E-state index in [4.69, 9.17) is 9.47 Å². The zero-order chi connectivity index (χ0) is 19.7. The molecule has 4 rings (SSSR count). The maximum absolute atomic E-state index is 13.6. The van der Waals surface area contributed by atoms with Crippen molar-refractivity contribution in [3.8, 4) is 5.75 Å². The average Bonchev–Trinajstić information content (AvgIpc) is 3.28. The molecule has 1 fully saturated rings. The maximum atomic E-state index is 13.6. The lowest BCUT2D eigenvalue weighted by atomic mass is 10.0. The van der Waals surface area contributed by atoms with Crippen molar-refractivity contribution < 1.29 is 19.1 Å². The van der Waals surface area contributed by atoms with Crippen molar-refractivity contribution in [1.29, 1.82) is 0 Å². The molecule has 7 heteroatoms. The number of methoxy groups -OCH3 is 2. The number of fused-ring (bicyclic) bond motifs is 2. The zero-order valence-corrected chi connectivity index (χ0v) is 16.7. The molecule has 0 saturated carbocycles. The number of hydrogen-bond acceptors (Lipinski definition) is 5. The van der Waals surface area contributed by atoms with Gasteiger partial charge in [-0.25, -0.2) is 0 Å². The molecule has 2 aliphatic rings. The molecule has 2 aliphatic heterocycles. The van der Waals surface area contributed by atoms with Crippen LogP contribution in [0.5, 0.6) is 5.75 Å². The van der Waals surface area contributed by atoms with Gasteiger partial charge < -0.3 is 19.3 Å². The minimum absolute atomic E-state index is 0.0740. The monoisotopic (exact) mass is 398 g/mol. The Labute approximate surface area is 168 Å². The molecule has 146 valence electrons. The first-order chi connectivity index (χ1) is 13.6. The average molecular weight is 398 g/mol. The molecule has 1 saturated heterocycles. The van der Waals surface area contributed by atoms with E-state index in [1.165, 1.54) is 11.8 Å². The highest BCUT2D eigenvalue weighted by Crippen LogP contribution is 2.54. The molecule has 1 spiro atoms. The molecular formula is C21H22N2O4S. The number of hydrogen-bond donors (Lipinski definition) is 0. The fraction of sp³-hybridized carbons (Fsp3) is 0.333. The number of carbonyl (C=O) groups excluding carboxylic acids is 2. The summed E-state index contributed by atoms with van der Waals surface area (Å²) in [6.45, 7) is 1.42. The van der Waals surface area contributed by atoms with E-state index in [9.17, 15) is 9.59 Å². The fourth-order valence-corrected chi connectivity index (χ4v) is 5.32. The molecule has 28 heavy (non-hydrogen) atoms. The number of rotatable bonds is 5. The second kappa shape index (κ2) is 7.48. The van der Waals surface area contributed by atoms with Crippen LogP contribution in [0.3, 0.4) is 0 Å². The van der Waals surface area contributed by atoms with E-state index in [-0.39, 0.29) is 11.8 Å². The Morgan fingerprint density at radius 2 is 1.89 bits per heavy atom. The van der Waals surface area contributed by atoms with Gasteiger partial charge in [0, 0.05) is 37.1 Å². The van der Waals surface area contributed by atoms with Crippen molar-refractivity contribution in [2.24, 2.45) is 0 Å². The van der Waals surface area contributed by atoms with Crippen molar-refractivity contribution in [2.45, 2.75) is 4.87 Å². The molecule has 2 amide bonds. The van der Waals surface area contributed by atoms with Crippen molar-refractivity contribution in [2.75, 3.05) is 44.6 Å². The highest BCUT2D eigenvalue weighted by molar-refractivity contribution is 8.01. The summed E-state index contributed by atoms with van der Waals surface area (Å²) in [5, 5.41) is 0. The summed E-state index contributed by atoms with van der Waals surface area (Å²) >= 11 is 1.53. The molecule has 2 aromatic rings. The summed E-state index contributed by atoms with van der Waals surface area (Å²) in [7, 11) is 3.21. The van der Waals surface area contributed by atoms with Gasteiger partial charge in [-0.05, 0) is 30.3 Å². The summed E-state index contributed by atoms with van der Waals surface area (Å²) in [5.41, 5.74) is 2.27. The first-order valence-corrected chi connectivity index (χ1v) is 10.1. The predicted octanol–water partition coefficient (Wildman–Crippen LogP) is 2.73. The number of para-hydroxylation sites is 1. The third-order valence-corrected chi connectivity index (χ3v) is 6.62. The summed E-state index contributed by atoms with van der Waals surface area (Å²) in [5.74, 6) is 1.18. The van der Waals surface area contributed by atoms with Gasteiger partial charge in [-0.15, -0.1) is 11.8 Å². The lowest BCUT2D eigenvalue weighted by Gasteiger charge is -2.33. The van der Waals surface area contributed by atoms with Crippen LogP contribution in [0.1, 0.15) is 15.9 Å². The van der Waals surface area contributed by atoms with Crippen LogP contribution in [-0.4, -0.2) is 56.4 Å². The Morgan fingerprint density at radius 1 is 1.14 bits per heavy atom. The first kappa shape index (κ1) is 18.8. The van der Waals surface area contributed by atoms with Crippen LogP contribution in [-0.2, 0) is 14.4 Å². The smallest absolute Gasteiger partial charge is 0.268 e. The molecular weight excluding hydrogens is 376 g/mol. The molecule has 0 aromatic heterocycles. The zero-order valence-electron chi connectivity index (χ0n) is 15.9. The number of carbonyl (C=O) groups is 2. The Bertz CT molecular complexity index is 902.